The van der Waals surface area contributed by atoms with E-state index < -0.39 is 0 Å². The highest BCUT2D eigenvalue weighted by Gasteiger charge is 2.18. The van der Waals surface area contributed by atoms with E-state index in [-0.39, 0.29) is 12.3 Å². The van der Waals surface area contributed by atoms with Crippen molar-refractivity contribution in [1.82, 2.24) is 19.6 Å². The van der Waals surface area contributed by atoms with Crippen molar-refractivity contribution in [1.29, 1.82) is 0 Å². The van der Waals surface area contributed by atoms with Gasteiger partial charge in [0.25, 0.3) is 0 Å². The van der Waals surface area contributed by atoms with E-state index in [2.05, 4.69) is 15.4 Å². The Morgan fingerprint density at radius 2 is 1.93 bits per heavy atom. The Morgan fingerprint density at radius 1 is 1.03 bits per heavy atom. The number of fused-ring (bicyclic) bond motifs is 1. The molecule has 0 spiro atoms. The molecule has 0 bridgehead atoms. The second-order valence-corrected chi connectivity index (χ2v) is 8.32. The number of hydrogen-bond donors (Lipinski definition) is 1. The number of thiazole rings is 1. The van der Waals surface area contributed by atoms with E-state index in [4.69, 9.17) is 4.98 Å². The molecule has 5 rings (SSSR count). The number of carbonyl (C=O) groups is 1. The van der Waals surface area contributed by atoms with E-state index in [1.54, 1.807) is 51.7 Å². The Morgan fingerprint density at radius 3 is 2.76 bits per heavy atom. The van der Waals surface area contributed by atoms with Crippen LogP contribution < -0.4 is 5.32 Å². The summed E-state index contributed by atoms with van der Waals surface area (Å²) in [4.78, 5) is 23.9. The fraction of sp³-hybridized carbons (Fsp3) is 0.0476. The molecule has 1 aromatic carbocycles. The summed E-state index contributed by atoms with van der Waals surface area (Å²) in [6, 6.07) is 17.6. The summed E-state index contributed by atoms with van der Waals surface area (Å²) in [5, 5.41) is 10.1. The molecule has 0 saturated heterocycles. The Balaban J connectivity index is 1.46. The molecule has 0 atom stereocenters. The van der Waals surface area contributed by atoms with Crippen LogP contribution in [0.25, 0.3) is 26.8 Å². The van der Waals surface area contributed by atoms with Gasteiger partial charge in [0.05, 0.1) is 23.2 Å². The number of hydrogen-bond acceptors (Lipinski definition) is 6. The van der Waals surface area contributed by atoms with E-state index in [0.717, 1.165) is 26.0 Å². The summed E-state index contributed by atoms with van der Waals surface area (Å²) >= 11 is 3.18. The minimum atomic E-state index is -0.117. The van der Waals surface area contributed by atoms with Gasteiger partial charge in [0, 0.05) is 22.7 Å². The first-order valence-electron chi connectivity index (χ1n) is 8.95. The summed E-state index contributed by atoms with van der Waals surface area (Å²) in [5.74, 6) is 0.476. The number of carbonyl (C=O) groups excluding carboxylic acids is 1. The van der Waals surface area contributed by atoms with Gasteiger partial charge in [-0.2, -0.15) is 9.61 Å². The molecule has 142 valence electrons. The van der Waals surface area contributed by atoms with Crippen molar-refractivity contribution < 1.29 is 4.79 Å². The molecule has 1 amide bonds. The first-order chi connectivity index (χ1) is 14.3. The normalized spacial score (nSPS) is 11.0. The van der Waals surface area contributed by atoms with E-state index >= 15 is 0 Å². The fourth-order valence-corrected chi connectivity index (χ4v) is 4.93. The average Bonchev–Trinajstić information content (AvgIpc) is 3.49. The van der Waals surface area contributed by atoms with Gasteiger partial charge in [-0.15, -0.1) is 22.7 Å². The van der Waals surface area contributed by atoms with Gasteiger partial charge >= 0.3 is 0 Å². The van der Waals surface area contributed by atoms with Crippen molar-refractivity contribution in [3.63, 3.8) is 0 Å². The zero-order valence-electron chi connectivity index (χ0n) is 15.1. The number of nitrogens with one attached hydrogen (secondary N) is 1. The summed E-state index contributed by atoms with van der Waals surface area (Å²) in [6.07, 6.45) is 3.55. The number of thiophene rings is 1. The van der Waals surface area contributed by atoms with Crippen molar-refractivity contribution in [2.45, 2.75) is 6.42 Å². The van der Waals surface area contributed by atoms with Gasteiger partial charge in [0.2, 0.25) is 5.91 Å². The number of rotatable bonds is 5. The molecule has 0 fully saturated rings. The van der Waals surface area contributed by atoms with Crippen LogP contribution in [-0.2, 0) is 11.2 Å². The van der Waals surface area contributed by atoms with Gasteiger partial charge in [-0.25, -0.2) is 9.97 Å². The van der Waals surface area contributed by atoms with Crippen LogP contribution in [0.1, 0.15) is 4.88 Å². The SMILES string of the molecule is O=C(Cc1sc(-c2ccccc2)nc1-c1cccs1)Nc1ccnc2ccnn12. The highest BCUT2D eigenvalue weighted by molar-refractivity contribution is 7.17. The lowest BCUT2D eigenvalue weighted by Gasteiger charge is -2.06. The minimum Gasteiger partial charge on any atom is -0.310 e. The van der Waals surface area contributed by atoms with Crippen LogP contribution in [0.2, 0.25) is 0 Å². The molecular formula is C21H15N5OS2. The molecule has 0 aliphatic rings. The summed E-state index contributed by atoms with van der Waals surface area (Å²) in [6.45, 7) is 0. The van der Waals surface area contributed by atoms with Crippen LogP contribution >= 0.6 is 22.7 Å². The molecule has 1 N–H and O–H groups in total. The lowest BCUT2D eigenvalue weighted by atomic mass is 10.2. The maximum Gasteiger partial charge on any atom is 0.230 e. The number of nitrogens with zero attached hydrogens (tertiary/aromatic N) is 4. The molecule has 0 aliphatic heterocycles. The maximum absolute atomic E-state index is 12.8. The molecule has 0 aliphatic carbocycles. The smallest absolute Gasteiger partial charge is 0.230 e. The van der Waals surface area contributed by atoms with Gasteiger partial charge < -0.3 is 5.32 Å². The first kappa shape index (κ1) is 17.7. The van der Waals surface area contributed by atoms with Gasteiger partial charge in [-0.1, -0.05) is 36.4 Å². The second kappa shape index (κ2) is 7.57. The molecule has 0 radical (unpaired) electrons. The molecule has 4 heterocycles. The van der Waals surface area contributed by atoms with Crippen LogP contribution in [0.3, 0.4) is 0 Å². The van der Waals surface area contributed by atoms with Crippen molar-refractivity contribution >= 4 is 40.0 Å². The molecule has 5 aromatic rings. The Kier molecular flexibility index (Phi) is 4.63. The van der Waals surface area contributed by atoms with E-state index in [0.29, 0.717) is 11.5 Å². The molecule has 0 saturated carbocycles. The third kappa shape index (κ3) is 3.55. The molecule has 6 nitrogen and oxygen atoms in total. The van der Waals surface area contributed by atoms with Crippen molar-refractivity contribution in [3.8, 4) is 21.1 Å². The maximum atomic E-state index is 12.8. The molecular weight excluding hydrogens is 402 g/mol. The highest BCUT2D eigenvalue weighted by Crippen LogP contribution is 2.36. The van der Waals surface area contributed by atoms with Crippen LogP contribution in [0, 0.1) is 0 Å². The predicted molar refractivity (Wildman–Crippen MR) is 116 cm³/mol. The second-order valence-electron chi connectivity index (χ2n) is 6.29. The first-order valence-corrected chi connectivity index (χ1v) is 10.6. The lowest BCUT2D eigenvalue weighted by molar-refractivity contribution is -0.115. The van der Waals surface area contributed by atoms with Gasteiger partial charge in [-0.3, -0.25) is 4.79 Å². The van der Waals surface area contributed by atoms with Crippen molar-refractivity contribution in [2.24, 2.45) is 0 Å². The molecule has 4 aromatic heterocycles. The standard InChI is InChI=1S/C21H15N5OS2/c27-19(24-18-8-10-22-17-9-11-23-26(17)18)13-16-20(15-7-4-12-28-15)25-21(29-16)14-5-2-1-3-6-14/h1-12H,13H2,(H,24,27). The van der Waals surface area contributed by atoms with Gasteiger partial charge in [0.1, 0.15) is 10.8 Å². The highest BCUT2D eigenvalue weighted by atomic mass is 32.1. The summed E-state index contributed by atoms with van der Waals surface area (Å²) < 4.78 is 1.61. The van der Waals surface area contributed by atoms with E-state index in [1.807, 2.05) is 47.8 Å². The zero-order valence-corrected chi connectivity index (χ0v) is 16.8. The number of aromatic nitrogens is 4. The summed E-state index contributed by atoms with van der Waals surface area (Å²) in [7, 11) is 0. The van der Waals surface area contributed by atoms with E-state index in [1.165, 1.54) is 0 Å². The quantitative estimate of drug-likeness (QED) is 0.447. The number of anilines is 1. The van der Waals surface area contributed by atoms with Crippen LogP contribution in [-0.4, -0.2) is 25.5 Å². The lowest BCUT2D eigenvalue weighted by Crippen LogP contribution is -2.16. The number of benzene rings is 1. The third-order valence-corrected chi connectivity index (χ3v) is 6.33. The molecule has 8 heteroatoms. The predicted octanol–water partition coefficient (Wildman–Crippen LogP) is 4.76. The minimum absolute atomic E-state index is 0.117. The summed E-state index contributed by atoms with van der Waals surface area (Å²) in [5.41, 5.74) is 2.61. The average molecular weight is 418 g/mol. The number of amides is 1. The Labute approximate surface area is 174 Å². The molecule has 29 heavy (non-hydrogen) atoms. The van der Waals surface area contributed by atoms with Crippen LogP contribution in [0.4, 0.5) is 5.82 Å². The topological polar surface area (TPSA) is 72.2 Å². The zero-order chi connectivity index (χ0) is 19.6. The van der Waals surface area contributed by atoms with Gasteiger partial charge in [0.15, 0.2) is 5.65 Å². The van der Waals surface area contributed by atoms with Crippen molar-refractivity contribution in [2.75, 3.05) is 5.32 Å². The Bertz CT molecular complexity index is 1280. The van der Waals surface area contributed by atoms with E-state index in [9.17, 15) is 4.79 Å². The third-order valence-electron chi connectivity index (χ3n) is 4.35. The van der Waals surface area contributed by atoms with Crippen LogP contribution in [0.5, 0.6) is 0 Å². The van der Waals surface area contributed by atoms with Crippen molar-refractivity contribution in [3.05, 3.63) is 77.2 Å². The van der Waals surface area contributed by atoms with Crippen LogP contribution in [0.15, 0.2) is 72.4 Å². The fourth-order valence-electron chi connectivity index (χ4n) is 3.04. The van der Waals surface area contributed by atoms with Gasteiger partial charge in [-0.05, 0) is 17.5 Å². The largest absolute Gasteiger partial charge is 0.310 e. The monoisotopic (exact) mass is 417 g/mol. The Hall–Kier alpha value is -3.36. The molecule has 0 unspecified atom stereocenters.